The van der Waals surface area contributed by atoms with E-state index < -0.39 is 35.5 Å². The molecule has 4 N–H and O–H groups in total. The first-order valence-corrected chi connectivity index (χ1v) is 9.54. The fourth-order valence-electron chi connectivity index (χ4n) is 3.14. The molecule has 0 bridgehead atoms. The van der Waals surface area contributed by atoms with Crippen molar-refractivity contribution in [2.24, 2.45) is 5.73 Å². The van der Waals surface area contributed by atoms with E-state index in [1.807, 2.05) is 32.0 Å². The first-order chi connectivity index (χ1) is 13.6. The van der Waals surface area contributed by atoms with E-state index in [0.29, 0.717) is 0 Å². The summed E-state index contributed by atoms with van der Waals surface area (Å²) in [5.74, 6) is -1.50. The second-order valence-corrected chi connectivity index (χ2v) is 7.58. The minimum absolute atomic E-state index is 0.0772. The summed E-state index contributed by atoms with van der Waals surface area (Å²) in [7, 11) is 0. The average molecular weight is 406 g/mol. The SMILES string of the molecule is CCc1cccc(C(C)(C)NC[C@H](O)[C@H](Cc2cc(F)cc(F)c2)OC(N)=O)c1. The van der Waals surface area contributed by atoms with E-state index in [-0.39, 0.29) is 18.5 Å². The normalized spacial score (nSPS) is 13.7. The van der Waals surface area contributed by atoms with Gasteiger partial charge in [0, 0.05) is 24.6 Å². The Morgan fingerprint density at radius 2 is 1.83 bits per heavy atom. The van der Waals surface area contributed by atoms with Crippen LogP contribution in [0.25, 0.3) is 0 Å². The Bertz CT molecular complexity index is 822. The highest BCUT2D eigenvalue weighted by atomic mass is 19.1. The highest BCUT2D eigenvalue weighted by molar-refractivity contribution is 5.64. The summed E-state index contributed by atoms with van der Waals surface area (Å²) in [5, 5.41) is 13.8. The van der Waals surface area contributed by atoms with Crippen molar-refractivity contribution < 1.29 is 23.4 Å². The van der Waals surface area contributed by atoms with Crippen molar-refractivity contribution >= 4 is 6.09 Å². The highest BCUT2D eigenvalue weighted by Gasteiger charge is 2.27. The van der Waals surface area contributed by atoms with Crippen molar-refractivity contribution in [2.45, 2.75) is 51.4 Å². The molecule has 0 unspecified atom stereocenters. The number of hydrogen-bond donors (Lipinski definition) is 3. The number of hydrogen-bond acceptors (Lipinski definition) is 4. The number of primary amides is 1. The Kier molecular flexibility index (Phi) is 7.70. The lowest BCUT2D eigenvalue weighted by molar-refractivity contribution is 0.00425. The molecule has 5 nitrogen and oxygen atoms in total. The van der Waals surface area contributed by atoms with E-state index in [4.69, 9.17) is 10.5 Å². The Morgan fingerprint density at radius 1 is 1.17 bits per heavy atom. The lowest BCUT2D eigenvalue weighted by atomic mass is 9.92. The second-order valence-electron chi connectivity index (χ2n) is 7.58. The molecule has 29 heavy (non-hydrogen) atoms. The number of carbonyl (C=O) groups is 1. The molecule has 0 fully saturated rings. The summed E-state index contributed by atoms with van der Waals surface area (Å²) in [6.45, 7) is 6.10. The van der Waals surface area contributed by atoms with E-state index >= 15 is 0 Å². The van der Waals surface area contributed by atoms with Crippen molar-refractivity contribution in [3.8, 4) is 0 Å². The topological polar surface area (TPSA) is 84.6 Å². The van der Waals surface area contributed by atoms with Crippen LogP contribution in [0.15, 0.2) is 42.5 Å². The lowest BCUT2D eigenvalue weighted by Crippen LogP contribution is -2.46. The van der Waals surface area contributed by atoms with Gasteiger partial charge in [-0.3, -0.25) is 0 Å². The van der Waals surface area contributed by atoms with Crippen LogP contribution < -0.4 is 11.1 Å². The van der Waals surface area contributed by atoms with Crippen LogP contribution >= 0.6 is 0 Å². The number of carbonyl (C=O) groups excluding carboxylic acids is 1. The zero-order chi connectivity index (χ0) is 21.6. The van der Waals surface area contributed by atoms with Gasteiger partial charge in [0.2, 0.25) is 0 Å². The van der Waals surface area contributed by atoms with Gasteiger partial charge in [-0.05, 0) is 49.1 Å². The van der Waals surface area contributed by atoms with Crippen molar-refractivity contribution in [2.75, 3.05) is 6.54 Å². The number of aliphatic hydroxyl groups excluding tert-OH is 1. The third-order valence-electron chi connectivity index (χ3n) is 4.87. The van der Waals surface area contributed by atoms with Crippen molar-refractivity contribution in [1.29, 1.82) is 0 Å². The van der Waals surface area contributed by atoms with Crippen LogP contribution in [0, 0.1) is 11.6 Å². The van der Waals surface area contributed by atoms with Gasteiger partial charge in [-0.25, -0.2) is 13.6 Å². The predicted molar refractivity (Wildman–Crippen MR) is 107 cm³/mol. The van der Waals surface area contributed by atoms with Crippen LogP contribution in [-0.2, 0) is 23.1 Å². The Balaban J connectivity index is 2.10. The predicted octanol–water partition coefficient (Wildman–Crippen LogP) is 3.42. The third-order valence-corrected chi connectivity index (χ3v) is 4.87. The first-order valence-electron chi connectivity index (χ1n) is 9.54. The third kappa shape index (κ3) is 6.80. The van der Waals surface area contributed by atoms with E-state index in [1.165, 1.54) is 5.56 Å². The van der Waals surface area contributed by atoms with E-state index in [2.05, 4.69) is 18.3 Å². The van der Waals surface area contributed by atoms with Gasteiger partial charge in [-0.15, -0.1) is 0 Å². The highest BCUT2D eigenvalue weighted by Crippen LogP contribution is 2.22. The quantitative estimate of drug-likeness (QED) is 0.596. The van der Waals surface area contributed by atoms with Crippen LogP contribution in [0.5, 0.6) is 0 Å². The Labute approximate surface area is 169 Å². The molecule has 2 aromatic rings. The van der Waals surface area contributed by atoms with Crippen LogP contribution in [0.2, 0.25) is 0 Å². The molecule has 2 atom stereocenters. The van der Waals surface area contributed by atoms with Crippen molar-refractivity contribution in [3.05, 3.63) is 70.8 Å². The van der Waals surface area contributed by atoms with Crippen LogP contribution in [0.1, 0.15) is 37.5 Å². The monoisotopic (exact) mass is 406 g/mol. The minimum Gasteiger partial charge on any atom is -0.443 e. The molecule has 0 aliphatic rings. The number of nitrogens with two attached hydrogens (primary N) is 1. The van der Waals surface area contributed by atoms with Gasteiger partial charge in [0.1, 0.15) is 23.8 Å². The van der Waals surface area contributed by atoms with Gasteiger partial charge < -0.3 is 20.9 Å². The molecule has 2 aromatic carbocycles. The van der Waals surface area contributed by atoms with E-state index in [0.717, 1.165) is 30.2 Å². The molecule has 158 valence electrons. The van der Waals surface area contributed by atoms with Gasteiger partial charge in [-0.1, -0.05) is 31.2 Å². The number of aliphatic hydroxyl groups is 1. The summed E-state index contributed by atoms with van der Waals surface area (Å²) in [6, 6.07) is 11.1. The molecule has 0 saturated carbocycles. The molecule has 0 spiro atoms. The Morgan fingerprint density at radius 3 is 2.41 bits per heavy atom. The summed E-state index contributed by atoms with van der Waals surface area (Å²) in [5.41, 5.74) is 7.14. The van der Waals surface area contributed by atoms with Crippen molar-refractivity contribution in [3.63, 3.8) is 0 Å². The second kappa shape index (κ2) is 9.80. The largest absolute Gasteiger partial charge is 0.443 e. The van der Waals surface area contributed by atoms with Gasteiger partial charge in [-0.2, -0.15) is 0 Å². The number of aryl methyl sites for hydroxylation is 1. The lowest BCUT2D eigenvalue weighted by Gasteiger charge is -2.31. The van der Waals surface area contributed by atoms with Gasteiger partial charge in [0.25, 0.3) is 0 Å². The number of benzene rings is 2. The maximum Gasteiger partial charge on any atom is 0.404 e. The molecule has 0 saturated heterocycles. The smallest absolute Gasteiger partial charge is 0.404 e. The number of halogens is 2. The maximum atomic E-state index is 13.4. The fourth-order valence-corrected chi connectivity index (χ4v) is 3.14. The summed E-state index contributed by atoms with van der Waals surface area (Å²) >= 11 is 0. The number of rotatable bonds is 9. The molecular formula is C22H28F2N2O3. The molecule has 0 aliphatic heterocycles. The van der Waals surface area contributed by atoms with Crippen LogP contribution in [0.3, 0.4) is 0 Å². The average Bonchev–Trinajstić information content (AvgIpc) is 2.64. The molecule has 0 aliphatic carbocycles. The fraction of sp³-hybridized carbons (Fsp3) is 0.409. The molecule has 0 aromatic heterocycles. The molecule has 0 radical (unpaired) electrons. The van der Waals surface area contributed by atoms with Gasteiger partial charge >= 0.3 is 6.09 Å². The Hall–Kier alpha value is -2.51. The van der Waals surface area contributed by atoms with Gasteiger partial charge in [0.15, 0.2) is 0 Å². The summed E-state index contributed by atoms with van der Waals surface area (Å²) in [4.78, 5) is 11.3. The summed E-state index contributed by atoms with van der Waals surface area (Å²) < 4.78 is 31.9. The number of ether oxygens (including phenoxy) is 1. The molecule has 2 rings (SSSR count). The zero-order valence-electron chi connectivity index (χ0n) is 16.9. The molecule has 0 heterocycles. The standard InChI is InChI=1S/C22H28F2N2O3/c1-4-14-6-5-7-16(8-14)22(2,3)26-13-19(27)20(29-21(25)28)11-15-9-17(23)12-18(24)10-15/h5-10,12,19-20,26-27H,4,11,13H2,1-3H3,(H2,25,28)/t19-,20-/m0/s1. The molecule has 1 amide bonds. The van der Waals surface area contributed by atoms with Crippen LogP contribution in [0.4, 0.5) is 13.6 Å². The number of nitrogens with one attached hydrogen (secondary N) is 1. The van der Waals surface area contributed by atoms with Crippen LogP contribution in [-0.4, -0.2) is 30.0 Å². The van der Waals surface area contributed by atoms with E-state index in [9.17, 15) is 18.7 Å². The minimum atomic E-state index is -1.14. The molecule has 7 heteroatoms. The molecular weight excluding hydrogens is 378 g/mol. The van der Waals surface area contributed by atoms with Gasteiger partial charge in [0.05, 0.1) is 0 Å². The van der Waals surface area contributed by atoms with Crippen molar-refractivity contribution in [1.82, 2.24) is 5.32 Å². The number of amides is 1. The first kappa shape index (κ1) is 22.8. The van der Waals surface area contributed by atoms with E-state index in [1.54, 1.807) is 0 Å². The zero-order valence-corrected chi connectivity index (χ0v) is 16.9. The summed E-state index contributed by atoms with van der Waals surface area (Å²) in [6.07, 6.45) is -2.43. The maximum absolute atomic E-state index is 13.4.